The lowest BCUT2D eigenvalue weighted by Gasteiger charge is -2.09. The number of hydrazone groups is 1. The first-order chi connectivity index (χ1) is 13.7. The van der Waals surface area contributed by atoms with Crippen molar-refractivity contribution >= 4 is 34.6 Å². The molecule has 3 N–H and O–H groups in total. The largest absolute Gasteiger partial charge is 0.459 e. The summed E-state index contributed by atoms with van der Waals surface area (Å²) in [5, 5.41) is 9.57. The number of thioether (sulfide) groups is 1. The third-order valence-corrected chi connectivity index (χ3v) is 4.42. The van der Waals surface area contributed by atoms with Crippen LogP contribution in [0.15, 0.2) is 88.6 Å². The van der Waals surface area contributed by atoms with E-state index in [1.54, 1.807) is 24.3 Å². The van der Waals surface area contributed by atoms with Gasteiger partial charge in [-0.3, -0.25) is 10.1 Å². The van der Waals surface area contributed by atoms with E-state index in [9.17, 15) is 9.59 Å². The van der Waals surface area contributed by atoms with Gasteiger partial charge in [0.2, 0.25) is 0 Å². The van der Waals surface area contributed by atoms with Crippen LogP contribution in [-0.2, 0) is 5.75 Å². The summed E-state index contributed by atoms with van der Waals surface area (Å²) in [5.74, 6) is 0.274. The van der Waals surface area contributed by atoms with Gasteiger partial charge in [0.15, 0.2) is 10.9 Å². The number of anilines is 1. The Kier molecular flexibility index (Phi) is 6.86. The Hall–Kier alpha value is -3.52. The monoisotopic (exact) mass is 394 g/mol. The van der Waals surface area contributed by atoms with E-state index in [2.05, 4.69) is 21.2 Å². The number of rotatable bonds is 5. The van der Waals surface area contributed by atoms with E-state index in [4.69, 9.17) is 4.42 Å². The molecule has 0 aliphatic heterocycles. The van der Waals surface area contributed by atoms with Gasteiger partial charge >= 0.3 is 6.03 Å². The maximum absolute atomic E-state index is 12.2. The summed E-state index contributed by atoms with van der Waals surface area (Å²) in [5.41, 5.74) is 4.08. The molecule has 0 atom stereocenters. The second-order valence-electron chi connectivity index (χ2n) is 5.55. The Morgan fingerprint density at radius 1 is 0.929 bits per heavy atom. The van der Waals surface area contributed by atoms with Gasteiger partial charge in [-0.1, -0.05) is 60.3 Å². The third-order valence-electron chi connectivity index (χ3n) is 3.47. The molecule has 0 unspecified atom stereocenters. The van der Waals surface area contributed by atoms with Crippen LogP contribution in [0.1, 0.15) is 16.1 Å². The van der Waals surface area contributed by atoms with Crippen LogP contribution in [0.5, 0.6) is 0 Å². The fraction of sp³-hybridized carbons (Fsp3) is 0.0500. The van der Waals surface area contributed by atoms with Gasteiger partial charge in [0, 0.05) is 11.4 Å². The molecule has 7 nitrogen and oxygen atoms in total. The van der Waals surface area contributed by atoms with E-state index in [1.165, 1.54) is 18.0 Å². The predicted octanol–water partition coefficient (Wildman–Crippen LogP) is 4.04. The lowest BCUT2D eigenvalue weighted by Crippen LogP contribution is -2.32. The fourth-order valence-corrected chi connectivity index (χ4v) is 2.94. The molecule has 0 radical (unpaired) electrons. The van der Waals surface area contributed by atoms with Crippen LogP contribution < -0.4 is 16.1 Å². The van der Waals surface area contributed by atoms with Crippen LogP contribution in [-0.4, -0.2) is 17.1 Å². The average Bonchev–Trinajstić information content (AvgIpc) is 3.26. The highest BCUT2D eigenvalue weighted by molar-refractivity contribution is 8.13. The normalized spacial score (nSPS) is 10.9. The zero-order valence-electron chi connectivity index (χ0n) is 14.8. The minimum absolute atomic E-state index is 0.154. The second kappa shape index (κ2) is 9.98. The van der Waals surface area contributed by atoms with Crippen LogP contribution in [0, 0.1) is 0 Å². The Morgan fingerprint density at radius 2 is 1.64 bits per heavy atom. The molecule has 3 aromatic rings. The smallest absolute Gasteiger partial charge is 0.339 e. The number of benzene rings is 2. The number of nitrogens with one attached hydrogen (secondary N) is 3. The molecule has 0 spiro atoms. The van der Waals surface area contributed by atoms with Gasteiger partial charge in [0.05, 0.1) is 6.26 Å². The molecule has 3 amide bonds. The van der Waals surface area contributed by atoms with Crippen LogP contribution in [0.3, 0.4) is 0 Å². The van der Waals surface area contributed by atoms with Gasteiger partial charge in [0.1, 0.15) is 0 Å². The maximum atomic E-state index is 12.2. The zero-order chi connectivity index (χ0) is 19.6. The number of carbonyl (C=O) groups is 2. The Balaban J connectivity index is 1.64. The van der Waals surface area contributed by atoms with Crippen molar-refractivity contribution in [2.24, 2.45) is 5.10 Å². The van der Waals surface area contributed by atoms with Gasteiger partial charge in [-0.05, 0) is 29.8 Å². The predicted molar refractivity (Wildman–Crippen MR) is 110 cm³/mol. The molecule has 142 valence electrons. The van der Waals surface area contributed by atoms with Gasteiger partial charge in [-0.25, -0.2) is 10.2 Å². The SMILES string of the molecule is O=C(N/N=C(\NC(=O)c1ccco1)SCc1ccccc1)Nc1ccccc1. The van der Waals surface area contributed by atoms with Crippen LogP contribution >= 0.6 is 11.8 Å². The zero-order valence-corrected chi connectivity index (χ0v) is 15.6. The average molecular weight is 394 g/mol. The Bertz CT molecular complexity index is 929. The van der Waals surface area contributed by atoms with E-state index < -0.39 is 11.9 Å². The number of carbonyl (C=O) groups excluding carboxylic acids is 2. The van der Waals surface area contributed by atoms with Crippen molar-refractivity contribution in [3.63, 3.8) is 0 Å². The van der Waals surface area contributed by atoms with Gasteiger partial charge < -0.3 is 9.73 Å². The van der Waals surface area contributed by atoms with Crippen LogP contribution in [0.4, 0.5) is 10.5 Å². The van der Waals surface area contributed by atoms with Gasteiger partial charge in [-0.15, -0.1) is 5.10 Å². The van der Waals surface area contributed by atoms with E-state index in [0.29, 0.717) is 11.4 Å². The molecule has 28 heavy (non-hydrogen) atoms. The topological polar surface area (TPSA) is 95.7 Å². The summed E-state index contributed by atoms with van der Waals surface area (Å²) < 4.78 is 5.09. The van der Waals surface area contributed by atoms with E-state index in [0.717, 1.165) is 5.56 Å². The van der Waals surface area contributed by atoms with Gasteiger partial charge in [0.25, 0.3) is 5.91 Å². The first-order valence-electron chi connectivity index (χ1n) is 8.42. The summed E-state index contributed by atoms with van der Waals surface area (Å²) in [6.07, 6.45) is 1.41. The molecule has 0 fully saturated rings. The molecule has 0 aliphatic rings. The molecular weight excluding hydrogens is 376 g/mol. The Morgan fingerprint density at radius 3 is 2.32 bits per heavy atom. The molecule has 0 saturated heterocycles. The fourth-order valence-electron chi connectivity index (χ4n) is 2.17. The Labute approximate surface area is 166 Å². The van der Waals surface area contributed by atoms with E-state index >= 15 is 0 Å². The number of urea groups is 1. The van der Waals surface area contributed by atoms with Crippen molar-refractivity contribution in [3.8, 4) is 0 Å². The lowest BCUT2D eigenvalue weighted by molar-refractivity contribution is 0.0950. The minimum Gasteiger partial charge on any atom is -0.459 e. The van der Waals surface area contributed by atoms with E-state index in [1.807, 2.05) is 48.5 Å². The van der Waals surface area contributed by atoms with Crippen molar-refractivity contribution in [1.82, 2.24) is 10.7 Å². The lowest BCUT2D eigenvalue weighted by atomic mass is 10.2. The summed E-state index contributed by atoms with van der Waals surface area (Å²) in [6.45, 7) is 0. The molecule has 0 bridgehead atoms. The first kappa shape index (κ1) is 19.2. The van der Waals surface area contributed by atoms with Crippen LogP contribution in [0.2, 0.25) is 0 Å². The number of amides is 3. The van der Waals surface area contributed by atoms with Crippen molar-refractivity contribution in [2.75, 3.05) is 5.32 Å². The second-order valence-corrected chi connectivity index (χ2v) is 6.52. The molecule has 0 aliphatic carbocycles. The number of amidine groups is 1. The molecule has 2 aromatic carbocycles. The quantitative estimate of drug-likeness (QED) is 0.346. The minimum atomic E-state index is -0.517. The molecule has 3 rings (SSSR count). The summed E-state index contributed by atoms with van der Waals surface area (Å²) in [7, 11) is 0. The number of hydrogen-bond donors (Lipinski definition) is 3. The van der Waals surface area contributed by atoms with Crippen molar-refractivity contribution in [1.29, 1.82) is 0 Å². The van der Waals surface area contributed by atoms with E-state index in [-0.39, 0.29) is 10.9 Å². The number of nitrogens with zero attached hydrogens (tertiary/aromatic N) is 1. The summed E-state index contributed by atoms with van der Waals surface area (Å²) >= 11 is 1.28. The molecule has 1 heterocycles. The first-order valence-corrected chi connectivity index (χ1v) is 9.40. The number of hydrogen-bond acceptors (Lipinski definition) is 5. The highest BCUT2D eigenvalue weighted by Crippen LogP contribution is 2.13. The maximum Gasteiger partial charge on any atom is 0.339 e. The van der Waals surface area contributed by atoms with Crippen molar-refractivity contribution in [3.05, 3.63) is 90.4 Å². The van der Waals surface area contributed by atoms with Crippen LogP contribution in [0.25, 0.3) is 0 Å². The molecule has 0 saturated carbocycles. The third kappa shape index (κ3) is 6.03. The molecular formula is C20H18N4O3S. The van der Waals surface area contributed by atoms with Gasteiger partial charge in [-0.2, -0.15) is 0 Å². The summed E-state index contributed by atoms with van der Waals surface area (Å²) in [6, 6.07) is 21.4. The summed E-state index contributed by atoms with van der Waals surface area (Å²) in [4.78, 5) is 24.3. The number of para-hydroxylation sites is 1. The molecule has 1 aromatic heterocycles. The van der Waals surface area contributed by atoms with Crippen molar-refractivity contribution in [2.45, 2.75) is 5.75 Å². The standard InChI is InChI=1S/C20H18N4O3S/c25-18(17-12-7-13-27-17)22-20(28-14-15-8-3-1-4-9-15)24-23-19(26)21-16-10-5-2-6-11-16/h1-13H,14H2,(H2,21,23,26)(H,22,24,25). The number of furan rings is 1. The van der Waals surface area contributed by atoms with Crippen molar-refractivity contribution < 1.29 is 14.0 Å². The molecule has 8 heteroatoms. The highest BCUT2D eigenvalue weighted by atomic mass is 32.2. The highest BCUT2D eigenvalue weighted by Gasteiger charge is 2.13.